The molecule has 44 heteroatoms. The van der Waals surface area contributed by atoms with E-state index < -0.39 is 61.1 Å². The van der Waals surface area contributed by atoms with Gasteiger partial charge in [0.1, 0.15) is 58.0 Å². The van der Waals surface area contributed by atoms with Crippen LogP contribution in [0.5, 0.6) is 52.3 Å². The number of carbonyl (C=O) groups excluding carboxylic acids is 2. The van der Waals surface area contributed by atoms with Crippen LogP contribution in [0.15, 0.2) is 335 Å². The summed E-state index contributed by atoms with van der Waals surface area (Å²) < 4.78 is 78.9. The summed E-state index contributed by atoms with van der Waals surface area (Å²) in [5.41, 5.74) is 16.7. The number of aliphatic hydroxyl groups excluding tert-OH is 1. The molecule has 0 unspecified atom stereocenters. The van der Waals surface area contributed by atoms with E-state index in [-0.39, 0.29) is 34.4 Å². The van der Waals surface area contributed by atoms with Crippen LogP contribution < -0.4 is 57.5 Å². The Morgan fingerprint density at radius 3 is 1.21 bits per heavy atom. The summed E-state index contributed by atoms with van der Waals surface area (Å²) in [5, 5.41) is 61.4. The van der Waals surface area contributed by atoms with Gasteiger partial charge in [0.2, 0.25) is 35.8 Å². The second-order valence-corrected chi connectivity index (χ2v) is 31.8. The number of benzene rings is 7. The quantitative estimate of drug-likeness (QED) is 0.00897. The standard InChI is InChI=1S/C28H27N7O4.C23H19N7O2.C11H10BNO3.C11H8BrNO.C8H15NO2.C6H5BrO.C5H4FN.C2HF3O.2C2H4O2.Cu/c1-28(2,3)39-27(37)33(4)19-8-7-9-20(16-19)35-25-23(24(29)31-17-32-25)34(26(35)36)18-11-13-21(14-12-18)38-22-10-5-6-15-30-22;1-25-15-5-4-6-17(13-15)30-22-20(21(24)27-14-28-22)29(23(30)31)16-8-10-18(11-9-16)32-19-7-2-3-12-26-19;14-12(15)9-4-6-10(7-5-9)16-11-3-1-2-8-13-11;12-9-4-6-10(7-5-9)14-11-3-1-2-8-13-11;1-9(7-4-5-7)6-2-3-8(10)11;7-5-1-3-6(8)4-2-5;6-5-3-1-2-4-7-5;3-2(4,5)1-6;2*1-2(3)4;/h5-17H,1-4H3,(H2,29,31,32);2-14,25H,1H3,(H2,24,27,28);1-8,14-15H;1-8H;2-3,7-8,10-11H,4-6H2,1H3;1-4,8H;1-4H;1H;2*1H3,(H,3,4);/b;;;;3-2+;;;;;;. The van der Waals surface area contributed by atoms with E-state index in [4.69, 9.17) is 85.1 Å². The maximum atomic E-state index is 13.9. The number of hydrogen-bond donors (Lipinski definition) is 10. The Hall–Kier alpha value is -15.9. The number of aldehydes is 1. The molecule has 1 fully saturated rings. The summed E-state index contributed by atoms with van der Waals surface area (Å²) >= 11 is 6.59. The number of nitrogens with zero attached hydrogens (tertiary/aromatic N) is 15. The summed E-state index contributed by atoms with van der Waals surface area (Å²) in [6, 6.07) is 76.5. The second-order valence-electron chi connectivity index (χ2n) is 29.9. The van der Waals surface area contributed by atoms with Crippen LogP contribution in [0, 0.1) is 5.95 Å². The summed E-state index contributed by atoms with van der Waals surface area (Å²) in [6.45, 7) is 8.36. The molecule has 0 bridgehead atoms. The number of alkyl halides is 3. The smallest absolute Gasteiger partial charge is 0.488 e. The van der Waals surface area contributed by atoms with Crippen molar-refractivity contribution in [3.8, 4) is 75.0 Å². The first kappa shape index (κ1) is 113. The van der Waals surface area contributed by atoms with Crippen LogP contribution in [0.4, 0.5) is 45.4 Å². The minimum absolute atomic E-state index is 0. The Morgan fingerprint density at radius 1 is 0.521 bits per heavy atom. The number of aromatic nitrogens is 13. The molecule has 1 radical (unpaired) electrons. The Morgan fingerprint density at radius 2 is 0.887 bits per heavy atom. The Labute approximate surface area is 838 Å². The molecule has 142 heavy (non-hydrogen) atoms. The third kappa shape index (κ3) is 38.5. The number of carboxylic acids is 2. The first-order valence-electron chi connectivity index (χ1n) is 42.1. The minimum atomic E-state index is -4.64. The van der Waals surface area contributed by atoms with Crippen molar-refractivity contribution >= 4 is 114 Å². The van der Waals surface area contributed by atoms with Crippen molar-refractivity contribution in [1.82, 2.24) is 68.0 Å². The maximum Gasteiger partial charge on any atom is 0.488 e. The predicted octanol–water partition coefficient (Wildman–Crippen LogP) is 16.5. The average Bonchev–Trinajstić information content (AvgIpc) is 1.59. The molecule has 7 aromatic carbocycles. The molecular weight excluding hydrogens is 2030 g/mol. The van der Waals surface area contributed by atoms with Crippen molar-refractivity contribution in [1.29, 1.82) is 0 Å². The fraction of sp³-hybridized carbons (Fsp3) is 0.153. The summed E-state index contributed by atoms with van der Waals surface area (Å²) in [7, 11) is 4.02. The van der Waals surface area contributed by atoms with Gasteiger partial charge in [-0.1, -0.05) is 92.5 Å². The van der Waals surface area contributed by atoms with E-state index in [2.05, 4.69) is 86.9 Å². The molecule has 743 valence electrons. The van der Waals surface area contributed by atoms with E-state index in [1.165, 1.54) is 67.0 Å². The molecule has 0 atom stereocenters. The molecule has 1 aliphatic carbocycles. The Bertz CT molecular complexity index is 6730. The third-order valence-corrected chi connectivity index (χ3v) is 19.0. The number of rotatable bonds is 19. The molecule has 1 aliphatic rings. The van der Waals surface area contributed by atoms with Gasteiger partial charge in [-0.25, -0.2) is 68.4 Å². The third-order valence-electron chi connectivity index (χ3n) is 17.9. The number of phenols is 1. The van der Waals surface area contributed by atoms with Crippen LogP contribution in [0.1, 0.15) is 47.5 Å². The van der Waals surface area contributed by atoms with Crippen molar-refractivity contribution in [3.05, 3.63) is 353 Å². The van der Waals surface area contributed by atoms with Gasteiger partial charge in [-0.05, 0) is 234 Å². The van der Waals surface area contributed by atoms with Crippen LogP contribution in [-0.2, 0) is 36.2 Å². The second kappa shape index (κ2) is 56.8. The minimum Gasteiger partial charge on any atom is -0.508 e. The normalized spacial score (nSPS) is 10.9. The molecule has 16 aromatic rings. The van der Waals surface area contributed by atoms with Crippen molar-refractivity contribution in [2.45, 2.75) is 71.6 Å². The largest absolute Gasteiger partial charge is 0.508 e. The molecular formula is C98H97BBr2CuF4N18O18. The molecule has 1 amide bonds. The van der Waals surface area contributed by atoms with Gasteiger partial charge in [-0.15, -0.1) is 0 Å². The van der Waals surface area contributed by atoms with Gasteiger partial charge in [0.25, 0.3) is 11.9 Å². The molecule has 36 nitrogen and oxygen atoms in total. The first-order valence-corrected chi connectivity index (χ1v) is 43.6. The number of nitrogen functional groups attached to an aromatic ring is 2. The van der Waals surface area contributed by atoms with Crippen molar-refractivity contribution in [2.75, 3.05) is 49.4 Å². The Balaban J connectivity index is 0.000000235. The Kier molecular flexibility index (Phi) is 45.2. The molecule has 9 aromatic heterocycles. The molecule has 0 aliphatic heterocycles. The van der Waals surface area contributed by atoms with Gasteiger partial charge in [0.05, 0.1) is 22.7 Å². The molecule has 0 spiro atoms. The fourth-order valence-electron chi connectivity index (χ4n) is 11.6. The van der Waals surface area contributed by atoms with E-state index in [1.807, 2.05) is 105 Å². The van der Waals surface area contributed by atoms with Crippen LogP contribution >= 0.6 is 31.9 Å². The number of nitrogens with two attached hydrogens (primary N) is 2. The number of carbonyl (C=O) groups is 4. The zero-order valence-electron chi connectivity index (χ0n) is 77.0. The van der Waals surface area contributed by atoms with Gasteiger partial charge in [0.15, 0.2) is 29.2 Å². The summed E-state index contributed by atoms with van der Waals surface area (Å²) in [5.74, 6) is 3.13. The number of nitrogens with one attached hydrogen (secondary N) is 1. The molecule has 1 saturated carbocycles. The average molecular weight is 2130 g/mol. The number of aliphatic hydroxyl groups is 2. The number of carboxylic acid groups (broad SMARTS) is 2. The number of likely N-dealkylation sites (N-methyl/N-ethyl adjacent to an activating group) is 1. The maximum absolute atomic E-state index is 13.9. The number of ether oxygens (including phenoxy) is 5. The zero-order chi connectivity index (χ0) is 103. The monoisotopic (exact) mass is 2120 g/mol. The number of pyridine rings is 5. The number of fused-ring (bicyclic) bond motifs is 2. The topological polar surface area (TPSA) is 496 Å². The van der Waals surface area contributed by atoms with Crippen molar-refractivity contribution in [2.24, 2.45) is 0 Å². The SMILES string of the molecule is Brc1ccc(Oc2ccccn2)cc1.CC(=O)O.CC(=O)O.CN(C(=O)OC(C)(C)C)c1cccc(-n2c(=O)n(-c3ccc(Oc4ccccn4)cc3)c3c(N)ncnc32)c1.CN(C/C=C/C(O)O)C1CC1.CNc1cccc(-n2c(=O)n(-c3ccc(Oc4ccccn4)cc3)c3c(N)ncnc32)c1.Fc1ccccn1.O=CC(F)(F)F.OB(O)c1ccc(Oc2ccccn2)cc1.Oc1ccc(Br)cc1.[Cu]. The van der Waals surface area contributed by atoms with Crippen molar-refractivity contribution in [3.63, 3.8) is 0 Å². The van der Waals surface area contributed by atoms with Crippen LogP contribution in [0.3, 0.4) is 0 Å². The van der Waals surface area contributed by atoms with Gasteiger partial charge in [-0.2, -0.15) is 17.6 Å². The van der Waals surface area contributed by atoms with E-state index in [1.54, 1.807) is 222 Å². The predicted molar refractivity (Wildman–Crippen MR) is 531 cm³/mol. The van der Waals surface area contributed by atoms with Gasteiger partial charge in [0, 0.05) is 133 Å². The van der Waals surface area contributed by atoms with E-state index in [0.29, 0.717) is 103 Å². The fourth-order valence-corrected chi connectivity index (χ4v) is 12.1. The first-order chi connectivity index (χ1) is 67.3. The summed E-state index contributed by atoms with van der Waals surface area (Å²) in [4.78, 5) is 107. The van der Waals surface area contributed by atoms with E-state index >= 15 is 0 Å². The van der Waals surface area contributed by atoms with E-state index in [0.717, 1.165) is 46.8 Å². The number of imidazole rings is 2. The van der Waals surface area contributed by atoms with Crippen molar-refractivity contribution < 1.29 is 113 Å². The van der Waals surface area contributed by atoms with Gasteiger partial charge in [-0.3, -0.25) is 33.3 Å². The number of halogens is 6. The van der Waals surface area contributed by atoms with Crippen LogP contribution in [0.2, 0.25) is 0 Å². The summed E-state index contributed by atoms with van der Waals surface area (Å²) in [6.07, 6.45) is 8.92. The number of phenolic OH excluding ortho intramolecular Hbond substituents is 1. The molecule has 17 rings (SSSR count). The van der Waals surface area contributed by atoms with Crippen LogP contribution in [-0.4, -0.2) is 187 Å². The van der Waals surface area contributed by atoms with Crippen LogP contribution in [0.25, 0.3) is 45.1 Å². The molecule has 12 N–H and O–H groups in total. The van der Waals surface area contributed by atoms with E-state index in [9.17, 15) is 31.9 Å². The number of aromatic hydroxyl groups is 1. The van der Waals surface area contributed by atoms with Gasteiger partial charge < -0.3 is 76.0 Å². The molecule has 9 heterocycles. The molecule has 0 saturated heterocycles. The van der Waals surface area contributed by atoms with Gasteiger partial charge >= 0.3 is 30.8 Å². The zero-order valence-corrected chi connectivity index (χ0v) is 81.1. The number of hydrogen-bond acceptors (Lipinski definition) is 29. The number of anilines is 4. The number of aliphatic carboxylic acids is 2. The number of amides is 1.